The number of primary amides is 1. The molecule has 0 saturated heterocycles. The third-order valence-electron chi connectivity index (χ3n) is 2.65. The summed E-state index contributed by atoms with van der Waals surface area (Å²) >= 11 is 3.41. The second-order valence-corrected chi connectivity index (χ2v) is 5.18. The molecule has 0 radical (unpaired) electrons. The fraction of sp³-hybridized carbons (Fsp3) is 0.133. The van der Waals surface area contributed by atoms with Crippen LogP contribution in [-0.2, 0) is 11.3 Å². The van der Waals surface area contributed by atoms with E-state index in [4.69, 9.17) is 10.5 Å². The topological polar surface area (TPSA) is 64.4 Å². The number of carbonyl (C=O) groups excluding carboxylic acids is 1. The molecule has 5 heteroatoms. The van der Waals surface area contributed by atoms with Crippen LogP contribution in [0.1, 0.15) is 5.56 Å². The third kappa shape index (κ3) is 4.59. The van der Waals surface area contributed by atoms with Gasteiger partial charge in [0.25, 0.3) is 5.91 Å². The number of amides is 1. The van der Waals surface area contributed by atoms with Crippen LogP contribution in [0.15, 0.2) is 53.0 Å². The smallest absolute Gasteiger partial charge is 0.255 e. The quantitative estimate of drug-likeness (QED) is 0.853. The summed E-state index contributed by atoms with van der Waals surface area (Å²) in [6.45, 7) is 0.639. The Balaban J connectivity index is 1.87. The van der Waals surface area contributed by atoms with Crippen molar-refractivity contribution < 1.29 is 9.53 Å². The molecule has 104 valence electrons. The SMILES string of the molecule is NC(=O)COc1ccc(NCc2ccc(Br)cc2)cc1. The maximum Gasteiger partial charge on any atom is 0.255 e. The molecule has 2 rings (SSSR count). The van der Waals surface area contributed by atoms with Gasteiger partial charge in [-0.15, -0.1) is 0 Å². The molecule has 2 aromatic carbocycles. The van der Waals surface area contributed by atoms with Crippen molar-refractivity contribution in [1.29, 1.82) is 0 Å². The largest absolute Gasteiger partial charge is 0.484 e. The van der Waals surface area contributed by atoms with Crippen molar-refractivity contribution in [2.45, 2.75) is 6.54 Å². The van der Waals surface area contributed by atoms with Crippen LogP contribution in [0.4, 0.5) is 5.69 Å². The van der Waals surface area contributed by atoms with Gasteiger partial charge in [0.1, 0.15) is 5.75 Å². The summed E-state index contributed by atoms with van der Waals surface area (Å²) in [7, 11) is 0. The number of carbonyl (C=O) groups is 1. The molecule has 0 saturated carbocycles. The summed E-state index contributed by atoms with van der Waals surface area (Å²) < 4.78 is 6.26. The van der Waals surface area contributed by atoms with Gasteiger partial charge < -0.3 is 15.8 Å². The van der Waals surface area contributed by atoms with E-state index in [1.54, 1.807) is 12.1 Å². The van der Waals surface area contributed by atoms with Crippen molar-refractivity contribution in [3.05, 3.63) is 58.6 Å². The fourth-order valence-corrected chi connectivity index (χ4v) is 1.89. The number of ether oxygens (including phenoxy) is 1. The van der Waals surface area contributed by atoms with E-state index in [1.165, 1.54) is 5.56 Å². The number of hydrogen-bond donors (Lipinski definition) is 2. The molecule has 0 bridgehead atoms. The highest BCUT2D eigenvalue weighted by atomic mass is 79.9. The highest BCUT2D eigenvalue weighted by molar-refractivity contribution is 9.10. The lowest BCUT2D eigenvalue weighted by atomic mass is 10.2. The highest BCUT2D eigenvalue weighted by Gasteiger charge is 1.98. The van der Waals surface area contributed by atoms with E-state index < -0.39 is 5.91 Å². The van der Waals surface area contributed by atoms with Gasteiger partial charge in [-0.05, 0) is 42.0 Å². The van der Waals surface area contributed by atoms with Crippen LogP contribution in [0.5, 0.6) is 5.75 Å². The second-order valence-electron chi connectivity index (χ2n) is 4.26. The lowest BCUT2D eigenvalue weighted by Crippen LogP contribution is -2.19. The van der Waals surface area contributed by atoms with Crippen LogP contribution in [0, 0.1) is 0 Å². The molecular formula is C15H15BrN2O2. The molecule has 0 aliphatic rings. The van der Waals surface area contributed by atoms with Crippen molar-refractivity contribution in [2.24, 2.45) is 5.73 Å². The molecule has 0 fully saturated rings. The van der Waals surface area contributed by atoms with E-state index in [-0.39, 0.29) is 6.61 Å². The molecule has 2 aromatic rings. The summed E-state index contributed by atoms with van der Waals surface area (Å²) in [5, 5.41) is 3.31. The molecule has 0 aliphatic carbocycles. The first-order valence-electron chi connectivity index (χ1n) is 6.13. The van der Waals surface area contributed by atoms with E-state index in [0.29, 0.717) is 5.75 Å². The van der Waals surface area contributed by atoms with Gasteiger partial charge >= 0.3 is 0 Å². The van der Waals surface area contributed by atoms with Gasteiger partial charge in [0.15, 0.2) is 6.61 Å². The third-order valence-corrected chi connectivity index (χ3v) is 3.17. The molecular weight excluding hydrogens is 320 g/mol. The van der Waals surface area contributed by atoms with Gasteiger partial charge in [-0.1, -0.05) is 28.1 Å². The predicted molar refractivity (Wildman–Crippen MR) is 82.6 cm³/mol. The zero-order valence-corrected chi connectivity index (χ0v) is 12.4. The van der Waals surface area contributed by atoms with Gasteiger partial charge in [0.05, 0.1) is 0 Å². The number of nitrogens with two attached hydrogens (primary N) is 1. The minimum absolute atomic E-state index is 0.105. The van der Waals surface area contributed by atoms with Gasteiger partial charge in [0, 0.05) is 16.7 Å². The number of benzene rings is 2. The van der Waals surface area contributed by atoms with Crippen molar-refractivity contribution in [1.82, 2.24) is 0 Å². The Hall–Kier alpha value is -2.01. The molecule has 0 aromatic heterocycles. The van der Waals surface area contributed by atoms with Gasteiger partial charge in [-0.3, -0.25) is 4.79 Å². The van der Waals surface area contributed by atoms with Crippen LogP contribution in [-0.4, -0.2) is 12.5 Å². The van der Waals surface area contributed by atoms with Crippen molar-refractivity contribution >= 4 is 27.5 Å². The van der Waals surface area contributed by atoms with Crippen LogP contribution < -0.4 is 15.8 Å². The molecule has 1 amide bonds. The first-order chi connectivity index (χ1) is 9.63. The Kier molecular flexibility index (Phi) is 5.01. The molecule has 3 N–H and O–H groups in total. The first kappa shape index (κ1) is 14.4. The Morgan fingerprint density at radius 3 is 2.35 bits per heavy atom. The zero-order chi connectivity index (χ0) is 14.4. The number of anilines is 1. The lowest BCUT2D eigenvalue weighted by molar-refractivity contribution is -0.119. The van der Waals surface area contributed by atoms with Crippen molar-refractivity contribution in [3.8, 4) is 5.75 Å². The van der Waals surface area contributed by atoms with Crippen LogP contribution in [0.25, 0.3) is 0 Å². The first-order valence-corrected chi connectivity index (χ1v) is 6.92. The van der Waals surface area contributed by atoms with E-state index in [2.05, 4.69) is 33.4 Å². The van der Waals surface area contributed by atoms with Crippen molar-refractivity contribution in [2.75, 3.05) is 11.9 Å². The number of rotatable bonds is 6. The lowest BCUT2D eigenvalue weighted by Gasteiger charge is -2.08. The Labute approximate surface area is 126 Å². The Morgan fingerprint density at radius 1 is 1.10 bits per heavy atom. The monoisotopic (exact) mass is 334 g/mol. The van der Waals surface area contributed by atoms with E-state index in [1.807, 2.05) is 24.3 Å². The summed E-state index contributed by atoms with van der Waals surface area (Å²) in [4.78, 5) is 10.6. The normalized spacial score (nSPS) is 10.1. The highest BCUT2D eigenvalue weighted by Crippen LogP contribution is 2.17. The van der Waals surface area contributed by atoms with Crippen LogP contribution in [0.2, 0.25) is 0 Å². The molecule has 0 heterocycles. The van der Waals surface area contributed by atoms with Gasteiger partial charge in [-0.25, -0.2) is 0 Å². The minimum Gasteiger partial charge on any atom is -0.484 e. The maximum absolute atomic E-state index is 10.6. The average Bonchev–Trinajstić information content (AvgIpc) is 2.45. The predicted octanol–water partition coefficient (Wildman–Crippen LogP) is 2.93. The molecule has 0 aliphatic heterocycles. The number of hydrogen-bond acceptors (Lipinski definition) is 3. The summed E-state index contributed by atoms with van der Waals surface area (Å²) in [6, 6.07) is 15.5. The zero-order valence-electron chi connectivity index (χ0n) is 10.8. The number of nitrogens with one attached hydrogen (secondary N) is 1. The number of halogens is 1. The summed E-state index contributed by atoms with van der Waals surface area (Å²) in [6.07, 6.45) is 0. The van der Waals surface area contributed by atoms with Crippen molar-refractivity contribution in [3.63, 3.8) is 0 Å². The average molecular weight is 335 g/mol. The molecule has 20 heavy (non-hydrogen) atoms. The maximum atomic E-state index is 10.6. The van der Waals surface area contributed by atoms with E-state index in [0.717, 1.165) is 16.7 Å². The van der Waals surface area contributed by atoms with E-state index >= 15 is 0 Å². The van der Waals surface area contributed by atoms with Gasteiger partial charge in [0.2, 0.25) is 0 Å². The van der Waals surface area contributed by atoms with Crippen LogP contribution >= 0.6 is 15.9 Å². The minimum atomic E-state index is -0.484. The summed E-state index contributed by atoms with van der Waals surface area (Å²) in [5.74, 6) is 0.139. The molecule has 0 unspecified atom stereocenters. The standard InChI is InChI=1S/C15H15BrN2O2/c16-12-3-1-11(2-4-12)9-18-13-5-7-14(8-6-13)20-10-15(17)19/h1-8,18H,9-10H2,(H2,17,19). The fourth-order valence-electron chi connectivity index (χ4n) is 1.63. The van der Waals surface area contributed by atoms with E-state index in [9.17, 15) is 4.79 Å². The van der Waals surface area contributed by atoms with Crippen LogP contribution in [0.3, 0.4) is 0 Å². The molecule has 0 spiro atoms. The van der Waals surface area contributed by atoms with Gasteiger partial charge in [-0.2, -0.15) is 0 Å². The second kappa shape index (κ2) is 6.96. The Morgan fingerprint density at radius 2 is 1.75 bits per heavy atom. The molecule has 4 nitrogen and oxygen atoms in total. The summed E-state index contributed by atoms with van der Waals surface area (Å²) in [5.41, 5.74) is 7.20. The molecule has 0 atom stereocenters. The Bertz CT molecular complexity index is 567.